The van der Waals surface area contributed by atoms with Crippen LogP contribution in [0.15, 0.2) is 84.2 Å². The second kappa shape index (κ2) is 59.3. The van der Waals surface area contributed by atoms with Crippen LogP contribution in [-0.4, -0.2) is 272 Å². The van der Waals surface area contributed by atoms with Crippen LogP contribution in [-0.2, 0) is 104 Å². The van der Waals surface area contributed by atoms with Crippen LogP contribution in [0.1, 0.15) is 154 Å². The van der Waals surface area contributed by atoms with E-state index in [4.69, 9.17) is 70.4 Å². The lowest BCUT2D eigenvalue weighted by Crippen LogP contribution is -2.54. The molecule has 10 amide bonds. The number of amides is 10. The first kappa shape index (κ1) is 104. The van der Waals surface area contributed by atoms with E-state index in [1.54, 1.807) is 61.8 Å². The average molecular weight is 1730 g/mol. The van der Waals surface area contributed by atoms with Gasteiger partial charge in [-0.25, -0.2) is 4.79 Å². The Labute approximate surface area is 725 Å². The third kappa shape index (κ3) is 42.6. The standard InChI is InChI=1S/C87H140N16O20/c1-61(2)81(84(89)110)99-85(111)70(98-77(107)34-42-115-46-50-119-54-56-121-52-48-117-44-38-95-74(104)31-32-79(109)102-58-65-19-10-11-21-68(65)82(96-63(5)6)80(88)69-22-12-13-24-72(69)102)23-14-16-35-93-78(108)60-122-73-25-18-20-67(101(87(90)113)39-17-15-26-76(106)97-66-29-27-64(28-30-66)59-123-86(112)62(3)4)57-71(83(73)100-91)92-37-43-116-47-51-120-55-53-118-49-45-114-41-33-75(105)94-36-40-103(7,8)9/h10-13,19,21-22,24,27-30,61-63,67,70,73,81,92,96,100H,14-18,20,23,25-26,31-60,88,91H2,1-9H3,(H9-,89,90,93,94,95,97,98,99,104,105,106,107,108,110,111,113)/p+1/b82-80-,83-71-/t67?,70-,73?,81+/m1/s1. The molecular weight excluding hydrogens is 1590 g/mol. The van der Waals surface area contributed by atoms with Gasteiger partial charge < -0.3 is 127 Å². The number of nitrogens with one attached hydrogen (secondary N) is 9. The van der Waals surface area contributed by atoms with Gasteiger partial charge in [-0.15, -0.1) is 0 Å². The van der Waals surface area contributed by atoms with Gasteiger partial charge in [0, 0.05) is 99.3 Å². The maximum absolute atomic E-state index is 13.8. The van der Waals surface area contributed by atoms with E-state index < -0.39 is 53.9 Å². The van der Waals surface area contributed by atoms with E-state index in [0.717, 1.165) is 39.0 Å². The Balaban J connectivity index is 1.01. The van der Waals surface area contributed by atoms with E-state index in [2.05, 4.69) is 69.1 Å². The summed E-state index contributed by atoms with van der Waals surface area (Å²) in [5, 5.41) is 23.9. The molecule has 1 aliphatic carbocycles. The number of ether oxygens (including phenoxy) is 10. The molecule has 36 heteroatoms. The van der Waals surface area contributed by atoms with Crippen molar-refractivity contribution in [1.29, 1.82) is 0 Å². The van der Waals surface area contributed by atoms with Crippen LogP contribution in [0.3, 0.4) is 0 Å². The van der Waals surface area contributed by atoms with Crippen molar-refractivity contribution in [3.8, 4) is 0 Å². The van der Waals surface area contributed by atoms with Crippen LogP contribution >= 0.6 is 0 Å². The van der Waals surface area contributed by atoms with Crippen LogP contribution in [0.2, 0.25) is 0 Å². The highest BCUT2D eigenvalue weighted by Crippen LogP contribution is 2.36. The van der Waals surface area contributed by atoms with Gasteiger partial charge in [-0.1, -0.05) is 82.3 Å². The molecule has 4 atom stereocenters. The molecule has 0 fully saturated rings. The number of primary amides is 2. The van der Waals surface area contributed by atoms with Gasteiger partial charge in [0.15, 0.2) is 0 Å². The number of fused-ring (bicyclic) bond motifs is 2. The molecule has 2 unspecified atom stereocenters. The highest BCUT2D eigenvalue weighted by molar-refractivity contribution is 6.02. The topological polar surface area (TPSA) is 482 Å². The molecule has 36 nitrogen and oxygen atoms in total. The summed E-state index contributed by atoms with van der Waals surface area (Å²) < 4.78 is 57.6. The number of nitrogens with two attached hydrogens (primary N) is 4. The molecule has 0 saturated carbocycles. The number of quaternary nitrogens is 1. The number of esters is 1. The van der Waals surface area contributed by atoms with E-state index in [1.807, 2.05) is 62.4 Å². The number of carbonyl (C=O) groups is 10. The number of likely N-dealkylation sites (N-methyl/N-ethyl adjacent to an activating group) is 1. The molecule has 0 spiro atoms. The summed E-state index contributed by atoms with van der Waals surface area (Å²) in [6, 6.07) is 19.5. The number of hydrogen-bond acceptors (Lipinski definition) is 25. The molecule has 3 aromatic carbocycles. The van der Waals surface area contributed by atoms with Gasteiger partial charge in [-0.05, 0) is 100 Å². The summed E-state index contributed by atoms with van der Waals surface area (Å²) >= 11 is 0. The van der Waals surface area contributed by atoms with E-state index in [1.165, 1.54) is 0 Å². The van der Waals surface area contributed by atoms with Crippen molar-refractivity contribution in [2.75, 3.05) is 183 Å². The number of hydrogen-bond donors (Lipinski definition) is 13. The first-order chi connectivity index (χ1) is 59.0. The SMILES string of the molecule is CC(C)N/C1=C(\N)c2ccccc2N(C(=O)CCC(=O)NCCOCCOCCOCCOCCC(=O)N[C@H](CCCCNC(=O)COC2CCCC(N(CCCCC(=O)Nc3ccc(COC(=O)C(C)C)cc3)C(N)=O)C/C(NCCOCCOCCOCCOCCC(=O)NCC[N+](C)(C)C)=C\2NN)C(=O)N[C@H](C(N)=O)C(C)C)Cc2ccccc21. The summed E-state index contributed by atoms with van der Waals surface area (Å²) in [7, 11) is 6.19. The quantitative estimate of drug-likeness (QED) is 0.0126. The summed E-state index contributed by atoms with van der Waals surface area (Å²) in [4.78, 5) is 133. The van der Waals surface area contributed by atoms with E-state index in [9.17, 15) is 47.9 Å². The second-order valence-electron chi connectivity index (χ2n) is 32.0. The van der Waals surface area contributed by atoms with Crippen molar-refractivity contribution in [3.05, 3.63) is 106 Å². The number of anilines is 2. The molecule has 0 bridgehead atoms. The highest BCUT2D eigenvalue weighted by atomic mass is 16.6. The minimum Gasteiger partial charge on any atom is -0.461 e. The molecule has 0 aromatic heterocycles. The molecule has 688 valence electrons. The van der Waals surface area contributed by atoms with Crippen LogP contribution in [0.5, 0.6) is 0 Å². The Kier molecular flexibility index (Phi) is 50.1. The van der Waals surface area contributed by atoms with Crippen LogP contribution in [0.4, 0.5) is 16.2 Å². The van der Waals surface area contributed by atoms with Gasteiger partial charge in [-0.3, -0.25) is 49.0 Å². The molecule has 3 aromatic rings. The van der Waals surface area contributed by atoms with Gasteiger partial charge in [0.1, 0.15) is 31.4 Å². The summed E-state index contributed by atoms with van der Waals surface area (Å²) in [6.07, 6.45) is 3.28. The number of urea groups is 1. The molecule has 1 aliphatic heterocycles. The van der Waals surface area contributed by atoms with Crippen molar-refractivity contribution < 1.29 is 99.8 Å². The van der Waals surface area contributed by atoms with Gasteiger partial charge in [0.2, 0.25) is 47.3 Å². The number of unbranched alkanes of at least 4 members (excludes halogenated alkanes) is 2. The minimum atomic E-state index is -1.05. The highest BCUT2D eigenvalue weighted by Gasteiger charge is 2.33. The van der Waals surface area contributed by atoms with Gasteiger partial charge >= 0.3 is 12.0 Å². The second-order valence-corrected chi connectivity index (χ2v) is 32.0. The first-order valence-electron chi connectivity index (χ1n) is 43.1. The van der Waals surface area contributed by atoms with Crippen molar-refractivity contribution >= 4 is 82.0 Å². The maximum atomic E-state index is 13.8. The van der Waals surface area contributed by atoms with Crippen LogP contribution in [0.25, 0.3) is 11.4 Å². The number of nitrogens with zero attached hydrogens (tertiary/aromatic N) is 3. The van der Waals surface area contributed by atoms with E-state index >= 15 is 0 Å². The molecule has 5 rings (SSSR count). The summed E-state index contributed by atoms with van der Waals surface area (Å²) in [5.74, 6) is 2.44. The molecule has 2 aliphatic rings. The lowest BCUT2D eigenvalue weighted by atomic mass is 9.94. The first-order valence-corrected chi connectivity index (χ1v) is 43.1. The lowest BCUT2D eigenvalue weighted by Gasteiger charge is -2.35. The zero-order valence-corrected chi connectivity index (χ0v) is 73.9. The van der Waals surface area contributed by atoms with Gasteiger partial charge in [-0.2, -0.15) is 0 Å². The fourth-order valence-corrected chi connectivity index (χ4v) is 13.2. The smallest absolute Gasteiger partial charge is 0.315 e. The Morgan fingerprint density at radius 1 is 0.569 bits per heavy atom. The Bertz CT molecular complexity index is 3770. The number of benzene rings is 3. The predicted molar refractivity (Wildman–Crippen MR) is 466 cm³/mol. The number of rotatable bonds is 63. The summed E-state index contributed by atoms with van der Waals surface area (Å²) in [6.45, 7) is 17.9. The number of hydrazine groups is 1. The average Bonchev–Trinajstić information content (AvgIpc) is 0.770. The van der Waals surface area contributed by atoms with E-state index in [-0.39, 0.29) is 191 Å². The number of para-hydroxylation sites is 1. The summed E-state index contributed by atoms with van der Waals surface area (Å²) in [5.41, 5.74) is 28.4. The molecule has 17 N–H and O–H groups in total. The zero-order valence-electron chi connectivity index (χ0n) is 73.9. The van der Waals surface area contributed by atoms with Gasteiger partial charge in [0.25, 0.3) is 0 Å². The molecular formula is C87H141N16O20+. The predicted octanol–water partition coefficient (Wildman–Crippen LogP) is 3.83. The molecule has 0 saturated heterocycles. The third-order valence-corrected chi connectivity index (χ3v) is 19.8. The van der Waals surface area contributed by atoms with Crippen molar-refractivity contribution in [3.63, 3.8) is 0 Å². The van der Waals surface area contributed by atoms with Gasteiger partial charge in [0.05, 0.1) is 175 Å². The van der Waals surface area contributed by atoms with E-state index in [0.29, 0.717) is 133 Å². The fraction of sp³-hybridized carbons (Fsp3) is 0.632. The normalized spacial score (nSPS) is 15.9. The Hall–Kier alpha value is -9.60. The van der Waals surface area contributed by atoms with Crippen molar-refractivity contribution in [2.24, 2.45) is 34.9 Å². The van der Waals surface area contributed by atoms with Crippen molar-refractivity contribution in [2.45, 2.75) is 175 Å². The maximum Gasteiger partial charge on any atom is 0.315 e. The van der Waals surface area contributed by atoms with Crippen molar-refractivity contribution in [1.82, 2.24) is 47.5 Å². The minimum absolute atomic E-state index is 0.00494. The third-order valence-electron chi connectivity index (χ3n) is 19.8. The van der Waals surface area contributed by atoms with Crippen LogP contribution in [0, 0.1) is 11.8 Å². The number of carbonyl (C=O) groups excluding carboxylic acids is 10. The Morgan fingerprint density at radius 2 is 1.14 bits per heavy atom. The molecule has 123 heavy (non-hydrogen) atoms. The largest absolute Gasteiger partial charge is 0.461 e. The fourth-order valence-electron chi connectivity index (χ4n) is 13.2. The zero-order chi connectivity index (χ0) is 89.7. The Morgan fingerprint density at radius 3 is 1.73 bits per heavy atom. The molecule has 1 heterocycles. The van der Waals surface area contributed by atoms with Crippen LogP contribution < -0.4 is 75.9 Å². The monoisotopic (exact) mass is 1730 g/mol. The molecule has 0 radical (unpaired) electrons. The lowest BCUT2D eigenvalue weighted by molar-refractivity contribution is -0.869.